The Bertz CT molecular complexity index is 579. The Kier molecular flexibility index (Phi) is 6.61. The minimum Gasteiger partial charge on any atom is -0.452 e. The lowest BCUT2D eigenvalue weighted by molar-refractivity contribution is -0.158. The van der Waals surface area contributed by atoms with Crippen LogP contribution in [0.1, 0.15) is 46.5 Å². The molecule has 8 nitrogen and oxygen atoms in total. The lowest BCUT2D eigenvalue weighted by Gasteiger charge is -2.39. The summed E-state index contributed by atoms with van der Waals surface area (Å²) in [6.07, 6.45) is 2.23. The van der Waals surface area contributed by atoms with Gasteiger partial charge in [-0.2, -0.15) is 0 Å². The molecule has 1 aliphatic carbocycles. The van der Waals surface area contributed by atoms with Crippen LogP contribution < -0.4 is 10.6 Å². The third-order valence-electron chi connectivity index (χ3n) is 5.68. The van der Waals surface area contributed by atoms with Crippen molar-refractivity contribution in [1.82, 2.24) is 15.5 Å². The normalized spacial score (nSPS) is 29.8. The smallest absolute Gasteiger partial charge is 0.321 e. The van der Waals surface area contributed by atoms with Crippen molar-refractivity contribution in [3.05, 3.63) is 0 Å². The van der Waals surface area contributed by atoms with Gasteiger partial charge in [0.25, 0.3) is 5.91 Å². The summed E-state index contributed by atoms with van der Waals surface area (Å²) in [6, 6.07) is -0.501. The standard InChI is InChI=1S/C18H29N3O5/c1-10-6-5-7-14(11(10)2)21-9-13(8-15(21)22)17(24)26-12(3)16(23)20-18(25)19-4/h10-14H,5-9H2,1-4H3,(H2,19,20,23,25)/t10-,11+,12-,13+,14+/m0/s1. The molecule has 0 aromatic carbocycles. The molecule has 0 radical (unpaired) electrons. The van der Waals surface area contributed by atoms with Crippen LogP contribution in [-0.4, -0.2) is 54.5 Å². The second kappa shape index (κ2) is 8.51. The van der Waals surface area contributed by atoms with Crippen molar-refractivity contribution in [2.24, 2.45) is 17.8 Å². The molecule has 0 aromatic heterocycles. The van der Waals surface area contributed by atoms with Gasteiger partial charge in [-0.05, 0) is 25.2 Å². The van der Waals surface area contributed by atoms with E-state index in [4.69, 9.17) is 4.74 Å². The minimum atomic E-state index is -1.10. The molecular formula is C18H29N3O5. The second-order valence-electron chi connectivity index (χ2n) is 7.43. The SMILES string of the molecule is CNC(=O)NC(=O)[C@H](C)OC(=O)[C@@H]1CC(=O)N([C@@H]2CCC[C@H](C)[C@H]2C)C1. The Hall–Kier alpha value is -2.12. The fraction of sp³-hybridized carbons (Fsp3) is 0.778. The molecule has 1 saturated carbocycles. The molecule has 26 heavy (non-hydrogen) atoms. The zero-order chi connectivity index (χ0) is 19.4. The average Bonchev–Trinajstić information content (AvgIpc) is 2.98. The van der Waals surface area contributed by atoms with Gasteiger partial charge in [-0.1, -0.05) is 26.7 Å². The molecule has 0 spiro atoms. The maximum absolute atomic E-state index is 12.4. The second-order valence-corrected chi connectivity index (χ2v) is 7.43. The average molecular weight is 367 g/mol. The number of amides is 4. The summed E-state index contributed by atoms with van der Waals surface area (Å²) in [4.78, 5) is 49.5. The van der Waals surface area contributed by atoms with E-state index >= 15 is 0 Å². The fourth-order valence-electron chi connectivity index (χ4n) is 3.80. The molecule has 0 aromatic rings. The number of esters is 1. The molecule has 1 aliphatic heterocycles. The predicted octanol–water partition coefficient (Wildman–Crippen LogP) is 1.05. The van der Waals surface area contributed by atoms with Crippen LogP contribution in [0.3, 0.4) is 0 Å². The summed E-state index contributed by atoms with van der Waals surface area (Å²) in [5.74, 6) is -0.909. The lowest BCUT2D eigenvalue weighted by Crippen LogP contribution is -2.45. The van der Waals surface area contributed by atoms with E-state index in [9.17, 15) is 19.2 Å². The third-order valence-corrected chi connectivity index (χ3v) is 5.68. The van der Waals surface area contributed by atoms with Gasteiger partial charge in [0.2, 0.25) is 5.91 Å². The molecule has 0 bridgehead atoms. The van der Waals surface area contributed by atoms with Crippen LogP contribution in [0.25, 0.3) is 0 Å². The topological polar surface area (TPSA) is 105 Å². The number of likely N-dealkylation sites (tertiary alicyclic amines) is 1. The van der Waals surface area contributed by atoms with E-state index in [1.54, 1.807) is 0 Å². The van der Waals surface area contributed by atoms with Crippen molar-refractivity contribution in [3.8, 4) is 0 Å². The van der Waals surface area contributed by atoms with Crippen LogP contribution in [0.5, 0.6) is 0 Å². The Balaban J connectivity index is 1.92. The van der Waals surface area contributed by atoms with Gasteiger partial charge in [0.05, 0.1) is 5.92 Å². The van der Waals surface area contributed by atoms with Crippen LogP contribution in [0.15, 0.2) is 0 Å². The van der Waals surface area contributed by atoms with Crippen molar-refractivity contribution in [2.45, 2.75) is 58.6 Å². The number of rotatable bonds is 4. The van der Waals surface area contributed by atoms with Crippen LogP contribution >= 0.6 is 0 Å². The number of nitrogens with one attached hydrogen (secondary N) is 2. The first-order valence-corrected chi connectivity index (χ1v) is 9.27. The van der Waals surface area contributed by atoms with E-state index in [-0.39, 0.29) is 18.4 Å². The highest BCUT2D eigenvalue weighted by Gasteiger charge is 2.42. The zero-order valence-corrected chi connectivity index (χ0v) is 15.9. The van der Waals surface area contributed by atoms with E-state index < -0.39 is 29.9 Å². The Morgan fingerprint density at radius 3 is 2.58 bits per heavy atom. The number of ether oxygens (including phenoxy) is 1. The zero-order valence-electron chi connectivity index (χ0n) is 15.9. The third kappa shape index (κ3) is 4.53. The number of imide groups is 1. The summed E-state index contributed by atoms with van der Waals surface area (Å²) >= 11 is 0. The minimum absolute atomic E-state index is 0.0274. The highest BCUT2D eigenvalue weighted by Crippen LogP contribution is 2.35. The molecular weight excluding hydrogens is 338 g/mol. The first kappa shape index (κ1) is 20.2. The van der Waals surface area contributed by atoms with Crippen LogP contribution in [0.4, 0.5) is 4.79 Å². The maximum Gasteiger partial charge on any atom is 0.321 e. The van der Waals surface area contributed by atoms with E-state index in [1.807, 2.05) is 4.90 Å². The number of hydrogen-bond acceptors (Lipinski definition) is 5. The van der Waals surface area contributed by atoms with Gasteiger partial charge < -0.3 is 15.0 Å². The number of hydrogen-bond donors (Lipinski definition) is 2. The van der Waals surface area contributed by atoms with Gasteiger partial charge in [0.15, 0.2) is 6.10 Å². The van der Waals surface area contributed by atoms with Crippen molar-refractivity contribution in [1.29, 1.82) is 0 Å². The fourth-order valence-corrected chi connectivity index (χ4v) is 3.80. The Morgan fingerprint density at radius 2 is 1.92 bits per heavy atom. The maximum atomic E-state index is 12.4. The highest BCUT2D eigenvalue weighted by atomic mass is 16.5. The van der Waals surface area contributed by atoms with Crippen LogP contribution in [-0.2, 0) is 19.1 Å². The van der Waals surface area contributed by atoms with Gasteiger partial charge >= 0.3 is 12.0 Å². The molecule has 0 unspecified atom stereocenters. The molecule has 1 heterocycles. The lowest BCUT2D eigenvalue weighted by atomic mass is 9.77. The van der Waals surface area contributed by atoms with E-state index in [2.05, 4.69) is 24.5 Å². The monoisotopic (exact) mass is 367 g/mol. The molecule has 8 heteroatoms. The summed E-state index contributed by atoms with van der Waals surface area (Å²) in [6.45, 7) is 6.10. The number of nitrogens with zero attached hydrogens (tertiary/aromatic N) is 1. The molecule has 5 atom stereocenters. The number of carbonyl (C=O) groups excluding carboxylic acids is 4. The summed E-state index contributed by atoms with van der Waals surface area (Å²) in [5, 5.41) is 4.31. The molecule has 4 amide bonds. The predicted molar refractivity (Wildman–Crippen MR) is 93.9 cm³/mol. The first-order valence-electron chi connectivity index (χ1n) is 9.27. The molecule has 2 rings (SSSR count). The molecule has 146 valence electrons. The Morgan fingerprint density at radius 1 is 1.23 bits per heavy atom. The van der Waals surface area contributed by atoms with E-state index in [1.165, 1.54) is 20.4 Å². The number of carbonyl (C=O) groups is 4. The molecule has 2 aliphatic rings. The molecule has 1 saturated heterocycles. The van der Waals surface area contributed by atoms with E-state index in [0.717, 1.165) is 12.8 Å². The Labute approximate surface area is 154 Å². The largest absolute Gasteiger partial charge is 0.452 e. The number of urea groups is 1. The quantitative estimate of drug-likeness (QED) is 0.723. The van der Waals surface area contributed by atoms with Gasteiger partial charge in [0, 0.05) is 26.1 Å². The van der Waals surface area contributed by atoms with Gasteiger partial charge in [0.1, 0.15) is 0 Å². The highest BCUT2D eigenvalue weighted by molar-refractivity contribution is 5.97. The first-order chi connectivity index (χ1) is 12.2. The van der Waals surface area contributed by atoms with Gasteiger partial charge in [-0.15, -0.1) is 0 Å². The van der Waals surface area contributed by atoms with Gasteiger partial charge in [-0.3, -0.25) is 19.7 Å². The van der Waals surface area contributed by atoms with Crippen LogP contribution in [0, 0.1) is 17.8 Å². The van der Waals surface area contributed by atoms with Crippen molar-refractivity contribution in [2.75, 3.05) is 13.6 Å². The van der Waals surface area contributed by atoms with Crippen molar-refractivity contribution < 1.29 is 23.9 Å². The van der Waals surface area contributed by atoms with Crippen molar-refractivity contribution in [3.63, 3.8) is 0 Å². The summed E-state index contributed by atoms with van der Waals surface area (Å²) < 4.78 is 5.16. The summed E-state index contributed by atoms with van der Waals surface area (Å²) in [5.41, 5.74) is 0. The molecule has 2 N–H and O–H groups in total. The van der Waals surface area contributed by atoms with Gasteiger partial charge in [-0.25, -0.2) is 4.79 Å². The molecule has 2 fully saturated rings. The van der Waals surface area contributed by atoms with E-state index in [0.29, 0.717) is 18.4 Å². The van der Waals surface area contributed by atoms with Crippen LogP contribution in [0.2, 0.25) is 0 Å². The summed E-state index contributed by atoms with van der Waals surface area (Å²) in [7, 11) is 1.38. The van der Waals surface area contributed by atoms with Crippen molar-refractivity contribution >= 4 is 23.8 Å².